The van der Waals surface area contributed by atoms with Crippen LogP contribution in [0.2, 0.25) is 0 Å². The minimum Gasteiger partial charge on any atom is -0.314 e. The third-order valence-electron chi connectivity index (χ3n) is 1.49. The van der Waals surface area contributed by atoms with Gasteiger partial charge in [0.15, 0.2) is 0 Å². The lowest BCUT2D eigenvalue weighted by atomic mass is 10.2. The fourth-order valence-electron chi connectivity index (χ4n) is 1.01. The molecule has 1 radical (unpaired) electrons. The molecule has 2 nitrogen and oxygen atoms in total. The van der Waals surface area contributed by atoms with Gasteiger partial charge in [-0.3, -0.25) is 0 Å². The molecule has 0 aromatic carbocycles. The quantitative estimate of drug-likeness (QED) is 0.522. The normalized spacial score (nSPS) is 27.8. The van der Waals surface area contributed by atoms with Gasteiger partial charge in [-0.05, 0) is 6.42 Å². The van der Waals surface area contributed by atoms with Gasteiger partial charge in [-0.25, -0.2) is 5.32 Å². The SMILES string of the molecule is C=CCC1CNCC[N]1. The molecule has 1 aliphatic heterocycles. The van der Waals surface area contributed by atoms with Crippen LogP contribution >= 0.6 is 0 Å². The minimum atomic E-state index is 0.497. The van der Waals surface area contributed by atoms with Crippen LogP contribution < -0.4 is 10.6 Å². The molecule has 1 rings (SSSR count). The molecule has 0 aliphatic carbocycles. The van der Waals surface area contributed by atoms with Crippen LogP contribution in [0.25, 0.3) is 0 Å². The predicted molar refractivity (Wildman–Crippen MR) is 38.5 cm³/mol. The Hall–Kier alpha value is -0.340. The zero-order chi connectivity index (χ0) is 6.53. The van der Waals surface area contributed by atoms with Crippen LogP contribution in [-0.2, 0) is 0 Å². The third kappa shape index (κ3) is 2.16. The van der Waals surface area contributed by atoms with E-state index in [2.05, 4.69) is 17.2 Å². The van der Waals surface area contributed by atoms with Crippen molar-refractivity contribution in [1.82, 2.24) is 10.6 Å². The van der Waals surface area contributed by atoms with Gasteiger partial charge in [0.05, 0.1) is 0 Å². The Kier molecular flexibility index (Phi) is 2.74. The molecule has 1 unspecified atom stereocenters. The van der Waals surface area contributed by atoms with E-state index >= 15 is 0 Å². The first-order valence-electron chi connectivity index (χ1n) is 3.41. The van der Waals surface area contributed by atoms with Crippen molar-refractivity contribution >= 4 is 0 Å². The van der Waals surface area contributed by atoms with Crippen LogP contribution in [0, 0.1) is 0 Å². The van der Waals surface area contributed by atoms with E-state index in [1.165, 1.54) is 0 Å². The molecule has 1 atom stereocenters. The van der Waals surface area contributed by atoms with Gasteiger partial charge < -0.3 is 5.32 Å². The van der Waals surface area contributed by atoms with Crippen molar-refractivity contribution in [2.24, 2.45) is 0 Å². The molecule has 0 spiro atoms. The average Bonchev–Trinajstić information content (AvgIpc) is 1.91. The molecular formula is C7H13N2. The summed E-state index contributed by atoms with van der Waals surface area (Å²) in [7, 11) is 0. The third-order valence-corrected chi connectivity index (χ3v) is 1.49. The molecule has 1 fully saturated rings. The summed E-state index contributed by atoms with van der Waals surface area (Å²) < 4.78 is 0. The molecule has 9 heavy (non-hydrogen) atoms. The summed E-state index contributed by atoms with van der Waals surface area (Å²) in [5.74, 6) is 0. The van der Waals surface area contributed by atoms with Crippen LogP contribution in [0.5, 0.6) is 0 Å². The van der Waals surface area contributed by atoms with Crippen LogP contribution in [0.1, 0.15) is 6.42 Å². The first kappa shape index (κ1) is 6.78. The zero-order valence-electron chi connectivity index (χ0n) is 5.64. The van der Waals surface area contributed by atoms with Gasteiger partial charge in [0.2, 0.25) is 0 Å². The average molecular weight is 125 g/mol. The monoisotopic (exact) mass is 125 g/mol. The summed E-state index contributed by atoms with van der Waals surface area (Å²) in [5, 5.41) is 7.66. The van der Waals surface area contributed by atoms with Crippen LogP contribution in [0.15, 0.2) is 12.7 Å². The van der Waals surface area contributed by atoms with Gasteiger partial charge in [0, 0.05) is 25.7 Å². The molecule has 0 amide bonds. The second-order valence-electron chi connectivity index (χ2n) is 2.29. The number of hydrogen-bond donors (Lipinski definition) is 1. The largest absolute Gasteiger partial charge is 0.314 e. The van der Waals surface area contributed by atoms with Gasteiger partial charge in [-0.15, -0.1) is 6.58 Å². The Bertz CT molecular complexity index is 84.9. The number of nitrogens with zero attached hydrogens (tertiary/aromatic N) is 1. The highest BCUT2D eigenvalue weighted by atomic mass is 15.0. The van der Waals surface area contributed by atoms with Crippen molar-refractivity contribution in [3.63, 3.8) is 0 Å². The maximum atomic E-state index is 4.39. The van der Waals surface area contributed by atoms with E-state index < -0.39 is 0 Å². The molecule has 0 aromatic rings. The highest BCUT2D eigenvalue weighted by Gasteiger charge is 2.09. The Morgan fingerprint density at radius 3 is 3.22 bits per heavy atom. The first-order chi connectivity index (χ1) is 4.43. The fourth-order valence-corrected chi connectivity index (χ4v) is 1.01. The Morgan fingerprint density at radius 1 is 1.78 bits per heavy atom. The summed E-state index contributed by atoms with van der Waals surface area (Å²) in [6, 6.07) is 0.497. The second-order valence-corrected chi connectivity index (χ2v) is 2.29. The highest BCUT2D eigenvalue weighted by Crippen LogP contribution is 1.95. The van der Waals surface area contributed by atoms with Gasteiger partial charge in [0.25, 0.3) is 0 Å². The Morgan fingerprint density at radius 2 is 2.67 bits per heavy atom. The second kappa shape index (κ2) is 3.64. The van der Waals surface area contributed by atoms with E-state index in [9.17, 15) is 0 Å². The van der Waals surface area contributed by atoms with Crippen molar-refractivity contribution in [2.75, 3.05) is 19.6 Å². The summed E-state index contributed by atoms with van der Waals surface area (Å²) in [6.45, 7) is 6.72. The van der Waals surface area contributed by atoms with Gasteiger partial charge in [-0.2, -0.15) is 0 Å². The van der Waals surface area contributed by atoms with E-state index in [-0.39, 0.29) is 0 Å². The van der Waals surface area contributed by atoms with E-state index in [0.717, 1.165) is 26.1 Å². The maximum absolute atomic E-state index is 4.39. The van der Waals surface area contributed by atoms with Gasteiger partial charge in [0.1, 0.15) is 0 Å². The molecule has 2 heteroatoms. The molecule has 0 aromatic heterocycles. The van der Waals surface area contributed by atoms with Crippen LogP contribution in [-0.4, -0.2) is 25.7 Å². The van der Waals surface area contributed by atoms with E-state index in [1.54, 1.807) is 0 Å². The number of hydrogen-bond acceptors (Lipinski definition) is 1. The lowest BCUT2D eigenvalue weighted by molar-refractivity contribution is 0.413. The van der Waals surface area contributed by atoms with Crippen LogP contribution in [0.4, 0.5) is 0 Å². The highest BCUT2D eigenvalue weighted by molar-refractivity contribution is 4.82. The number of nitrogens with one attached hydrogen (secondary N) is 1. The van der Waals surface area contributed by atoms with Gasteiger partial charge >= 0.3 is 0 Å². The molecule has 1 saturated heterocycles. The molecule has 1 aliphatic rings. The molecule has 0 saturated carbocycles. The van der Waals surface area contributed by atoms with Crippen molar-refractivity contribution in [2.45, 2.75) is 12.5 Å². The van der Waals surface area contributed by atoms with Gasteiger partial charge in [-0.1, -0.05) is 6.08 Å². The lowest BCUT2D eigenvalue weighted by Gasteiger charge is -2.20. The molecular weight excluding hydrogens is 112 g/mol. The minimum absolute atomic E-state index is 0.497. The Balaban J connectivity index is 2.15. The molecule has 0 bridgehead atoms. The topological polar surface area (TPSA) is 26.1 Å². The summed E-state index contributed by atoms with van der Waals surface area (Å²) >= 11 is 0. The van der Waals surface area contributed by atoms with Crippen molar-refractivity contribution in [3.8, 4) is 0 Å². The zero-order valence-corrected chi connectivity index (χ0v) is 5.64. The predicted octanol–water partition coefficient (Wildman–Crippen LogP) is 0.139. The van der Waals surface area contributed by atoms with E-state index in [4.69, 9.17) is 0 Å². The molecule has 1 heterocycles. The number of piperazine rings is 1. The summed E-state index contributed by atoms with van der Waals surface area (Å²) in [4.78, 5) is 0. The lowest BCUT2D eigenvalue weighted by Crippen LogP contribution is -2.43. The van der Waals surface area contributed by atoms with Crippen molar-refractivity contribution < 1.29 is 0 Å². The summed E-state index contributed by atoms with van der Waals surface area (Å²) in [5.41, 5.74) is 0. The Labute approximate surface area is 56.3 Å². The first-order valence-corrected chi connectivity index (χ1v) is 3.41. The van der Waals surface area contributed by atoms with E-state index in [0.29, 0.717) is 6.04 Å². The molecule has 51 valence electrons. The van der Waals surface area contributed by atoms with Crippen molar-refractivity contribution in [3.05, 3.63) is 12.7 Å². The summed E-state index contributed by atoms with van der Waals surface area (Å²) in [6.07, 6.45) is 2.95. The fraction of sp³-hybridized carbons (Fsp3) is 0.714. The van der Waals surface area contributed by atoms with Crippen molar-refractivity contribution in [1.29, 1.82) is 0 Å². The van der Waals surface area contributed by atoms with E-state index in [1.807, 2.05) is 6.08 Å². The number of rotatable bonds is 2. The molecule has 1 N–H and O–H groups in total. The smallest absolute Gasteiger partial charge is 0.0405 e. The standard InChI is InChI=1S/C7H13N2/c1-2-3-7-6-8-4-5-9-7/h2,7-8H,1,3-6H2. The van der Waals surface area contributed by atoms with Crippen LogP contribution in [0.3, 0.4) is 0 Å². The maximum Gasteiger partial charge on any atom is 0.0405 e.